The fraction of sp³-hybridized carbons (Fsp3) is 0.529. The predicted molar refractivity (Wildman–Crippen MR) is 98.5 cm³/mol. The second kappa shape index (κ2) is 14.2. The van der Waals surface area contributed by atoms with Gasteiger partial charge >= 0.3 is 12.2 Å². The number of rotatable bonds is 10. The van der Waals surface area contributed by atoms with Crippen molar-refractivity contribution >= 4 is 24.0 Å². The van der Waals surface area contributed by atoms with Crippen molar-refractivity contribution in [2.75, 3.05) is 26.3 Å². The molecule has 0 saturated heterocycles. The molecule has 0 spiro atoms. The first-order chi connectivity index (χ1) is 12.8. The lowest BCUT2D eigenvalue weighted by molar-refractivity contribution is -0.116. The fourth-order valence-electron chi connectivity index (χ4n) is 1.76. The smallest absolute Gasteiger partial charge is 0.414 e. The van der Waals surface area contributed by atoms with Crippen LogP contribution in [0.15, 0.2) is 23.5 Å². The van der Waals surface area contributed by atoms with Crippen molar-refractivity contribution in [3.63, 3.8) is 0 Å². The van der Waals surface area contributed by atoms with Crippen molar-refractivity contribution in [1.82, 2.24) is 21.3 Å². The number of carbonyl (C=O) groups is 4. The van der Waals surface area contributed by atoms with Crippen LogP contribution in [0.3, 0.4) is 0 Å². The topological polar surface area (TPSA) is 135 Å². The molecule has 0 fully saturated rings. The lowest BCUT2D eigenvalue weighted by atomic mass is 10.3. The zero-order valence-electron chi connectivity index (χ0n) is 16.1. The van der Waals surface area contributed by atoms with E-state index in [1.54, 1.807) is 27.7 Å². The van der Waals surface area contributed by atoms with Crippen LogP contribution in [0.25, 0.3) is 0 Å². The van der Waals surface area contributed by atoms with Gasteiger partial charge in [-0.2, -0.15) is 0 Å². The maximum atomic E-state index is 11.5. The van der Waals surface area contributed by atoms with Gasteiger partial charge in [-0.3, -0.25) is 20.2 Å². The molecule has 0 aromatic heterocycles. The first kappa shape index (κ1) is 24.0. The Bertz CT molecular complexity index is 536. The van der Waals surface area contributed by atoms with Crippen molar-refractivity contribution in [2.45, 2.75) is 34.1 Å². The third-order valence-electron chi connectivity index (χ3n) is 2.86. The first-order valence-corrected chi connectivity index (χ1v) is 8.58. The van der Waals surface area contributed by atoms with Gasteiger partial charge < -0.3 is 20.1 Å². The van der Waals surface area contributed by atoms with E-state index in [0.29, 0.717) is 30.9 Å². The van der Waals surface area contributed by atoms with Crippen LogP contribution in [0.2, 0.25) is 0 Å². The predicted octanol–water partition coefficient (Wildman–Crippen LogP) is 0.909. The Kier molecular flexibility index (Phi) is 12.6. The highest BCUT2D eigenvalue weighted by atomic mass is 16.6. The van der Waals surface area contributed by atoms with Crippen LogP contribution in [0.5, 0.6) is 0 Å². The number of hydrogen-bond acceptors (Lipinski definition) is 8. The van der Waals surface area contributed by atoms with Crippen LogP contribution < -0.4 is 21.3 Å². The van der Waals surface area contributed by atoms with Gasteiger partial charge in [0.05, 0.1) is 13.2 Å². The van der Waals surface area contributed by atoms with Gasteiger partial charge in [0.1, 0.15) is 0 Å². The Balaban J connectivity index is 4.03. The van der Waals surface area contributed by atoms with Crippen molar-refractivity contribution in [1.29, 1.82) is 0 Å². The summed E-state index contributed by atoms with van der Waals surface area (Å²) in [6.45, 7) is 8.20. The fourth-order valence-corrected chi connectivity index (χ4v) is 1.76. The molecule has 0 saturated carbocycles. The molecule has 10 heteroatoms. The second-order valence-electron chi connectivity index (χ2n) is 5.28. The summed E-state index contributed by atoms with van der Waals surface area (Å²) >= 11 is 0. The molecule has 0 bridgehead atoms. The summed E-state index contributed by atoms with van der Waals surface area (Å²) in [4.78, 5) is 45.2. The molecular weight excluding hydrogens is 356 g/mol. The number of amides is 4. The molecule has 0 aliphatic heterocycles. The molecule has 27 heavy (non-hydrogen) atoms. The van der Waals surface area contributed by atoms with Crippen LogP contribution in [0.4, 0.5) is 9.59 Å². The second-order valence-corrected chi connectivity index (χ2v) is 5.28. The Morgan fingerprint density at radius 2 is 1.11 bits per heavy atom. The normalized spacial score (nSPS) is 11.3. The lowest BCUT2D eigenvalue weighted by Crippen LogP contribution is -2.31. The zero-order chi connectivity index (χ0) is 20.7. The van der Waals surface area contributed by atoms with Crippen molar-refractivity contribution in [3.05, 3.63) is 23.5 Å². The van der Waals surface area contributed by atoms with Crippen molar-refractivity contribution < 1.29 is 28.7 Å². The Morgan fingerprint density at radius 1 is 0.741 bits per heavy atom. The molecule has 0 heterocycles. The van der Waals surface area contributed by atoms with Crippen molar-refractivity contribution in [3.8, 4) is 0 Å². The van der Waals surface area contributed by atoms with Gasteiger partial charge in [-0.25, -0.2) is 9.59 Å². The van der Waals surface area contributed by atoms with Gasteiger partial charge in [-0.05, 0) is 34.1 Å². The minimum Gasteiger partial charge on any atom is -0.450 e. The average Bonchev–Trinajstić information content (AvgIpc) is 2.54. The lowest BCUT2D eigenvalue weighted by Gasteiger charge is -2.09. The molecule has 0 aromatic carbocycles. The number of carbonyl (C=O) groups excluding carboxylic acids is 4. The Morgan fingerprint density at radius 3 is 1.44 bits per heavy atom. The van der Waals surface area contributed by atoms with E-state index < -0.39 is 24.0 Å². The summed E-state index contributed by atoms with van der Waals surface area (Å²) in [7, 11) is 0. The molecule has 0 aliphatic carbocycles. The summed E-state index contributed by atoms with van der Waals surface area (Å²) in [5.41, 5.74) is 1.19. The molecule has 0 aliphatic rings. The SMILES string of the molecule is CCOC(=O)NC(=O)/C=C(\C)NCCCN/C(C)=C/C(=O)NC(=O)OCC. The number of imide groups is 2. The molecule has 0 aromatic rings. The van der Waals surface area contributed by atoms with Gasteiger partial charge in [-0.1, -0.05) is 0 Å². The number of nitrogens with one attached hydrogen (secondary N) is 4. The summed E-state index contributed by atoms with van der Waals surface area (Å²) < 4.78 is 9.20. The molecular formula is C17H28N4O6. The highest BCUT2D eigenvalue weighted by molar-refractivity contribution is 5.99. The van der Waals surface area contributed by atoms with E-state index in [1.165, 1.54) is 12.2 Å². The van der Waals surface area contributed by atoms with E-state index in [1.807, 2.05) is 0 Å². The van der Waals surface area contributed by atoms with Crippen molar-refractivity contribution in [2.24, 2.45) is 0 Å². The van der Waals surface area contributed by atoms with Crippen LogP contribution in [0, 0.1) is 0 Å². The van der Waals surface area contributed by atoms with E-state index >= 15 is 0 Å². The third kappa shape index (κ3) is 13.9. The van der Waals surface area contributed by atoms with E-state index in [4.69, 9.17) is 0 Å². The Hall–Kier alpha value is -3.04. The standard InChI is InChI=1S/C17H28N4O6/c1-5-26-16(24)20-14(22)10-12(3)18-8-7-9-19-13(4)11-15(23)21-17(25)27-6-2/h10-11,18-19H,5-9H2,1-4H3,(H,20,22,24)(H,21,23,25)/b12-10+,13-11+. The molecule has 0 atom stereocenters. The van der Waals surface area contributed by atoms with Gasteiger partial charge in [0, 0.05) is 36.6 Å². The van der Waals surface area contributed by atoms with Gasteiger partial charge in [0.25, 0.3) is 11.8 Å². The summed E-state index contributed by atoms with van der Waals surface area (Å²) in [5.74, 6) is -1.13. The maximum absolute atomic E-state index is 11.5. The summed E-state index contributed by atoms with van der Waals surface area (Å²) in [5, 5.41) is 10.2. The highest BCUT2D eigenvalue weighted by Gasteiger charge is 2.06. The van der Waals surface area contributed by atoms with E-state index in [-0.39, 0.29) is 13.2 Å². The average molecular weight is 384 g/mol. The monoisotopic (exact) mass is 384 g/mol. The minimum absolute atomic E-state index is 0.186. The molecule has 4 amide bonds. The minimum atomic E-state index is -0.787. The molecule has 0 rings (SSSR count). The van der Waals surface area contributed by atoms with E-state index in [0.717, 1.165) is 0 Å². The van der Waals surface area contributed by atoms with Gasteiger partial charge in [0.15, 0.2) is 0 Å². The molecule has 0 radical (unpaired) electrons. The van der Waals surface area contributed by atoms with Gasteiger partial charge in [0.2, 0.25) is 0 Å². The van der Waals surface area contributed by atoms with Gasteiger partial charge in [-0.15, -0.1) is 0 Å². The first-order valence-electron chi connectivity index (χ1n) is 8.58. The number of alkyl carbamates (subject to hydrolysis) is 2. The van der Waals surface area contributed by atoms with E-state index in [9.17, 15) is 19.2 Å². The summed E-state index contributed by atoms with van der Waals surface area (Å²) in [6.07, 6.45) is 1.65. The highest BCUT2D eigenvalue weighted by Crippen LogP contribution is 1.91. The zero-order valence-corrected chi connectivity index (χ0v) is 16.1. The molecule has 10 nitrogen and oxygen atoms in total. The van der Waals surface area contributed by atoms with Crippen LogP contribution in [-0.2, 0) is 19.1 Å². The maximum Gasteiger partial charge on any atom is 0.414 e. The third-order valence-corrected chi connectivity index (χ3v) is 2.86. The van der Waals surface area contributed by atoms with Crippen LogP contribution in [-0.4, -0.2) is 50.3 Å². The van der Waals surface area contributed by atoms with Crippen LogP contribution >= 0.6 is 0 Å². The number of ether oxygens (including phenoxy) is 2. The quantitative estimate of drug-likeness (QED) is 0.322. The molecule has 0 unspecified atom stereocenters. The summed E-state index contributed by atoms with van der Waals surface area (Å²) in [6, 6.07) is 0. The number of allylic oxidation sites excluding steroid dienone is 2. The van der Waals surface area contributed by atoms with Crippen LogP contribution in [0.1, 0.15) is 34.1 Å². The Labute approximate surface area is 158 Å². The molecule has 4 N–H and O–H groups in total. The molecule has 152 valence electrons. The largest absolute Gasteiger partial charge is 0.450 e. The number of hydrogen-bond donors (Lipinski definition) is 4. The van der Waals surface area contributed by atoms with E-state index in [2.05, 4.69) is 30.7 Å².